The summed E-state index contributed by atoms with van der Waals surface area (Å²) in [7, 11) is 0. The summed E-state index contributed by atoms with van der Waals surface area (Å²) in [5.74, 6) is 0.715. The Morgan fingerprint density at radius 3 is 2.56 bits per heavy atom. The molecule has 1 aliphatic rings. The Bertz CT molecular complexity index is 219. The predicted molar refractivity (Wildman–Crippen MR) is 69.3 cm³/mol. The maximum atomic E-state index is 10.9. The molecule has 3 atom stereocenters. The van der Waals surface area contributed by atoms with E-state index in [2.05, 4.69) is 20.8 Å². The summed E-state index contributed by atoms with van der Waals surface area (Å²) in [5, 5.41) is 10.9. The molecule has 0 saturated heterocycles. The van der Waals surface area contributed by atoms with Crippen LogP contribution in [0.4, 0.5) is 0 Å². The van der Waals surface area contributed by atoms with Gasteiger partial charge in [0.1, 0.15) is 0 Å². The predicted octanol–water partition coefficient (Wildman–Crippen LogP) is 3.08. The second-order valence-corrected chi connectivity index (χ2v) is 5.82. The average molecular weight is 227 g/mol. The van der Waals surface area contributed by atoms with Gasteiger partial charge in [0.15, 0.2) is 0 Å². The zero-order valence-electron chi connectivity index (χ0n) is 11.3. The summed E-state index contributed by atoms with van der Waals surface area (Å²) >= 11 is 0. The summed E-state index contributed by atoms with van der Waals surface area (Å²) in [6.07, 6.45) is 7.52. The van der Waals surface area contributed by atoms with Crippen LogP contribution >= 0.6 is 0 Å². The number of aliphatic hydroxyl groups is 1. The van der Waals surface area contributed by atoms with Crippen LogP contribution in [0, 0.1) is 11.3 Å². The molecule has 0 heterocycles. The van der Waals surface area contributed by atoms with Crippen molar-refractivity contribution in [3.63, 3.8) is 0 Å². The van der Waals surface area contributed by atoms with Gasteiger partial charge < -0.3 is 10.8 Å². The van der Waals surface area contributed by atoms with E-state index in [1.54, 1.807) is 0 Å². The highest BCUT2D eigenvalue weighted by molar-refractivity contribution is 5.01. The minimum atomic E-state index is -0.537. The molecule has 0 radical (unpaired) electrons. The van der Waals surface area contributed by atoms with Crippen molar-refractivity contribution in [2.75, 3.05) is 6.54 Å². The number of rotatable bonds is 5. The zero-order valence-corrected chi connectivity index (χ0v) is 11.3. The number of hydrogen-bond donors (Lipinski definition) is 2. The van der Waals surface area contributed by atoms with Crippen molar-refractivity contribution in [3.8, 4) is 0 Å². The van der Waals surface area contributed by atoms with Gasteiger partial charge in [-0.3, -0.25) is 0 Å². The van der Waals surface area contributed by atoms with Crippen molar-refractivity contribution in [1.29, 1.82) is 0 Å². The smallest absolute Gasteiger partial charge is 0.0713 e. The van der Waals surface area contributed by atoms with Gasteiger partial charge >= 0.3 is 0 Å². The van der Waals surface area contributed by atoms with Crippen molar-refractivity contribution in [2.24, 2.45) is 17.1 Å². The van der Waals surface area contributed by atoms with E-state index in [0.717, 1.165) is 32.1 Å². The molecule has 1 aliphatic carbocycles. The molecule has 3 unspecified atom stereocenters. The lowest BCUT2D eigenvalue weighted by Gasteiger charge is -2.50. The fourth-order valence-electron chi connectivity index (χ4n) is 3.69. The molecule has 3 N–H and O–H groups in total. The monoisotopic (exact) mass is 227 g/mol. The molecular weight excluding hydrogens is 198 g/mol. The average Bonchev–Trinajstić information content (AvgIpc) is 2.29. The molecule has 1 rings (SSSR count). The second-order valence-electron chi connectivity index (χ2n) is 5.82. The van der Waals surface area contributed by atoms with Crippen LogP contribution in [-0.4, -0.2) is 17.3 Å². The normalized spacial score (nSPS) is 34.7. The molecule has 0 amide bonds. The number of hydrogen-bond acceptors (Lipinski definition) is 2. The second kappa shape index (κ2) is 5.50. The van der Waals surface area contributed by atoms with Crippen LogP contribution in [0.2, 0.25) is 0 Å². The summed E-state index contributed by atoms with van der Waals surface area (Å²) in [5.41, 5.74) is 5.48. The summed E-state index contributed by atoms with van der Waals surface area (Å²) in [6, 6.07) is 0. The molecule has 0 spiro atoms. The molecule has 2 heteroatoms. The van der Waals surface area contributed by atoms with Gasteiger partial charge in [0.2, 0.25) is 0 Å². The quantitative estimate of drug-likeness (QED) is 0.758. The summed E-state index contributed by atoms with van der Waals surface area (Å²) < 4.78 is 0. The third-order valence-electron chi connectivity index (χ3n) is 4.72. The van der Waals surface area contributed by atoms with E-state index in [1.165, 1.54) is 12.8 Å². The van der Waals surface area contributed by atoms with Gasteiger partial charge in [-0.2, -0.15) is 0 Å². The van der Waals surface area contributed by atoms with Crippen LogP contribution in [0.5, 0.6) is 0 Å². The highest BCUT2D eigenvalue weighted by Gasteiger charge is 2.48. The van der Waals surface area contributed by atoms with E-state index in [1.807, 2.05) is 0 Å². The first kappa shape index (κ1) is 14.0. The lowest BCUT2D eigenvalue weighted by Crippen LogP contribution is -2.54. The Morgan fingerprint density at radius 1 is 1.44 bits per heavy atom. The van der Waals surface area contributed by atoms with E-state index in [4.69, 9.17) is 5.73 Å². The molecule has 0 aromatic heterocycles. The van der Waals surface area contributed by atoms with Crippen LogP contribution in [0.15, 0.2) is 0 Å². The van der Waals surface area contributed by atoms with Gasteiger partial charge in [0.05, 0.1) is 5.60 Å². The molecule has 16 heavy (non-hydrogen) atoms. The zero-order chi connectivity index (χ0) is 12.2. The third-order valence-corrected chi connectivity index (χ3v) is 4.72. The molecule has 1 fully saturated rings. The molecule has 0 aliphatic heterocycles. The number of nitrogens with two attached hydrogens (primary N) is 1. The largest absolute Gasteiger partial charge is 0.389 e. The van der Waals surface area contributed by atoms with E-state index >= 15 is 0 Å². The van der Waals surface area contributed by atoms with E-state index < -0.39 is 5.60 Å². The van der Waals surface area contributed by atoms with Gasteiger partial charge in [-0.15, -0.1) is 0 Å². The molecule has 0 aromatic carbocycles. The summed E-state index contributed by atoms with van der Waals surface area (Å²) in [4.78, 5) is 0. The lowest BCUT2D eigenvalue weighted by molar-refractivity contribution is -0.115. The Kier molecular flexibility index (Phi) is 4.81. The third kappa shape index (κ3) is 2.43. The van der Waals surface area contributed by atoms with Gasteiger partial charge in [-0.1, -0.05) is 40.0 Å². The molecule has 0 aromatic rings. The van der Waals surface area contributed by atoms with Gasteiger partial charge in [0.25, 0.3) is 0 Å². The van der Waals surface area contributed by atoms with Gasteiger partial charge in [0, 0.05) is 12.0 Å². The maximum absolute atomic E-state index is 10.9. The topological polar surface area (TPSA) is 46.2 Å². The first-order valence-corrected chi connectivity index (χ1v) is 6.96. The Balaban J connectivity index is 2.91. The Hall–Kier alpha value is -0.0800. The van der Waals surface area contributed by atoms with Gasteiger partial charge in [-0.05, 0) is 31.6 Å². The minimum Gasteiger partial charge on any atom is -0.389 e. The van der Waals surface area contributed by atoms with Gasteiger partial charge in [-0.25, -0.2) is 0 Å². The molecule has 2 nitrogen and oxygen atoms in total. The van der Waals surface area contributed by atoms with Crippen molar-refractivity contribution in [2.45, 2.75) is 71.3 Å². The van der Waals surface area contributed by atoms with Crippen LogP contribution in [0.3, 0.4) is 0 Å². The van der Waals surface area contributed by atoms with Crippen molar-refractivity contribution in [3.05, 3.63) is 0 Å². The lowest BCUT2D eigenvalue weighted by atomic mass is 9.59. The van der Waals surface area contributed by atoms with Crippen LogP contribution in [0.25, 0.3) is 0 Å². The minimum absolute atomic E-state index is 0.0184. The Morgan fingerprint density at radius 2 is 2.12 bits per heavy atom. The highest BCUT2D eigenvalue weighted by Crippen LogP contribution is 2.49. The van der Waals surface area contributed by atoms with E-state index in [0.29, 0.717) is 12.5 Å². The fourth-order valence-corrected chi connectivity index (χ4v) is 3.69. The standard InChI is InChI=1S/C14H29NO/c1-4-8-14(16,5-2)13(11-15)9-6-7-12(3)10-13/h12,16H,4-11,15H2,1-3H3. The Labute approximate surface area is 101 Å². The molecule has 1 saturated carbocycles. The first-order chi connectivity index (χ1) is 7.53. The first-order valence-electron chi connectivity index (χ1n) is 6.96. The van der Waals surface area contributed by atoms with E-state index in [9.17, 15) is 5.11 Å². The maximum Gasteiger partial charge on any atom is 0.0713 e. The molecule has 96 valence electrons. The van der Waals surface area contributed by atoms with Crippen LogP contribution in [-0.2, 0) is 0 Å². The fraction of sp³-hybridized carbons (Fsp3) is 1.00. The van der Waals surface area contributed by atoms with Crippen LogP contribution in [0.1, 0.15) is 65.7 Å². The van der Waals surface area contributed by atoms with Crippen molar-refractivity contribution >= 4 is 0 Å². The van der Waals surface area contributed by atoms with Crippen LogP contribution < -0.4 is 5.73 Å². The molecular formula is C14H29NO. The van der Waals surface area contributed by atoms with E-state index in [-0.39, 0.29) is 5.41 Å². The van der Waals surface area contributed by atoms with Crippen molar-refractivity contribution < 1.29 is 5.11 Å². The SMILES string of the molecule is CCCC(O)(CC)C1(CN)CCCC(C)C1. The summed E-state index contributed by atoms with van der Waals surface area (Å²) in [6.45, 7) is 7.19. The van der Waals surface area contributed by atoms with Crippen molar-refractivity contribution in [1.82, 2.24) is 0 Å². The molecule has 0 bridgehead atoms. The highest BCUT2D eigenvalue weighted by atomic mass is 16.3.